The summed E-state index contributed by atoms with van der Waals surface area (Å²) in [5, 5.41) is 3.59. The van der Waals surface area contributed by atoms with Crippen LogP contribution in [0.4, 0.5) is 0 Å². The first-order chi connectivity index (χ1) is 13.9. The van der Waals surface area contributed by atoms with Crippen LogP contribution in [-0.4, -0.2) is 72.6 Å². The highest BCUT2D eigenvalue weighted by Crippen LogP contribution is 2.32. The quantitative estimate of drug-likeness (QED) is 0.705. The van der Waals surface area contributed by atoms with Crippen molar-refractivity contribution in [3.05, 3.63) is 0 Å². The van der Waals surface area contributed by atoms with Crippen LogP contribution >= 0.6 is 0 Å². The van der Waals surface area contributed by atoms with Crippen molar-refractivity contribution in [2.75, 3.05) is 32.8 Å². The summed E-state index contributed by atoms with van der Waals surface area (Å²) < 4.78 is 6.40. The van der Waals surface area contributed by atoms with Crippen LogP contribution in [0.1, 0.15) is 66.2 Å². The Morgan fingerprint density at radius 2 is 1.79 bits per heavy atom. The molecule has 2 atom stereocenters. The van der Waals surface area contributed by atoms with Crippen molar-refractivity contribution < 1.29 is 14.3 Å². The lowest BCUT2D eigenvalue weighted by atomic mass is 9.80. The predicted octanol–water partition coefficient (Wildman–Crippen LogP) is 2.67. The van der Waals surface area contributed by atoms with Crippen LogP contribution in [-0.2, 0) is 14.3 Å². The molecule has 1 aliphatic carbocycles. The number of likely N-dealkylation sites (N-methyl/N-ethyl adjacent to an activating group) is 1. The van der Waals surface area contributed by atoms with E-state index in [1.807, 2.05) is 0 Å². The minimum atomic E-state index is -0.0387. The van der Waals surface area contributed by atoms with Gasteiger partial charge in [0.15, 0.2) is 0 Å². The second-order valence-electron chi connectivity index (χ2n) is 9.64. The van der Waals surface area contributed by atoms with Gasteiger partial charge in [-0.25, -0.2) is 0 Å². The van der Waals surface area contributed by atoms with Gasteiger partial charge >= 0.3 is 0 Å². The molecule has 3 fully saturated rings. The minimum Gasteiger partial charge on any atom is -0.376 e. The van der Waals surface area contributed by atoms with E-state index >= 15 is 0 Å². The molecule has 2 saturated heterocycles. The van der Waals surface area contributed by atoms with Crippen LogP contribution in [0.5, 0.6) is 0 Å². The standard InChI is InChI=1S/C23H41N3O3/c1-5-24-21-7-6-12-26(23(28)19-13-25(14-19)17(4)27)22(21)15-29-20-10-8-18(9-11-20)16(2)3/h16,18-22,24H,5-15H2,1-4H3. The number of piperidine rings is 1. The summed E-state index contributed by atoms with van der Waals surface area (Å²) in [5.41, 5.74) is 0. The fraction of sp³-hybridized carbons (Fsp3) is 0.913. The van der Waals surface area contributed by atoms with Crippen molar-refractivity contribution in [3.8, 4) is 0 Å². The van der Waals surface area contributed by atoms with Gasteiger partial charge < -0.3 is 19.9 Å². The van der Waals surface area contributed by atoms with Crippen LogP contribution in [0.3, 0.4) is 0 Å². The second kappa shape index (κ2) is 10.3. The summed E-state index contributed by atoms with van der Waals surface area (Å²) in [6, 6.07) is 0.402. The molecule has 29 heavy (non-hydrogen) atoms. The average molecular weight is 408 g/mol. The zero-order valence-electron chi connectivity index (χ0n) is 18.9. The van der Waals surface area contributed by atoms with Gasteiger partial charge in [0.25, 0.3) is 0 Å². The highest BCUT2D eigenvalue weighted by molar-refractivity contribution is 5.84. The zero-order valence-corrected chi connectivity index (χ0v) is 18.9. The van der Waals surface area contributed by atoms with Gasteiger partial charge in [-0.1, -0.05) is 20.8 Å². The van der Waals surface area contributed by atoms with E-state index in [1.54, 1.807) is 11.8 Å². The number of likely N-dealkylation sites (tertiary alicyclic amines) is 2. The second-order valence-corrected chi connectivity index (χ2v) is 9.64. The smallest absolute Gasteiger partial charge is 0.229 e. The number of carbonyl (C=O) groups excluding carboxylic acids is 2. The van der Waals surface area contributed by atoms with E-state index in [4.69, 9.17) is 4.74 Å². The van der Waals surface area contributed by atoms with E-state index in [9.17, 15) is 9.59 Å². The van der Waals surface area contributed by atoms with Gasteiger partial charge in [-0.3, -0.25) is 9.59 Å². The van der Waals surface area contributed by atoms with Crippen molar-refractivity contribution in [2.45, 2.75) is 84.4 Å². The Balaban J connectivity index is 1.57. The van der Waals surface area contributed by atoms with E-state index in [0.717, 1.165) is 50.6 Å². The molecule has 0 aromatic carbocycles. The molecule has 0 bridgehead atoms. The first-order valence-electron chi connectivity index (χ1n) is 11.8. The van der Waals surface area contributed by atoms with Gasteiger partial charge in [-0.15, -0.1) is 0 Å². The van der Waals surface area contributed by atoms with Gasteiger partial charge in [0.05, 0.1) is 24.7 Å². The van der Waals surface area contributed by atoms with Crippen LogP contribution in [0, 0.1) is 17.8 Å². The number of nitrogens with zero attached hydrogens (tertiary/aromatic N) is 2. The first kappa shape index (κ1) is 22.5. The molecule has 0 radical (unpaired) electrons. The molecule has 2 aliphatic heterocycles. The molecule has 3 rings (SSSR count). The van der Waals surface area contributed by atoms with Gasteiger partial charge in [-0.05, 0) is 56.9 Å². The third kappa shape index (κ3) is 5.52. The molecule has 3 aliphatic rings. The van der Waals surface area contributed by atoms with E-state index in [0.29, 0.717) is 31.8 Å². The van der Waals surface area contributed by atoms with E-state index < -0.39 is 0 Å². The van der Waals surface area contributed by atoms with Crippen LogP contribution in [0.2, 0.25) is 0 Å². The van der Waals surface area contributed by atoms with Crippen LogP contribution in [0.15, 0.2) is 0 Å². The zero-order chi connectivity index (χ0) is 21.0. The lowest BCUT2D eigenvalue weighted by Crippen LogP contribution is -2.63. The topological polar surface area (TPSA) is 61.9 Å². The van der Waals surface area contributed by atoms with Crippen molar-refractivity contribution in [1.29, 1.82) is 0 Å². The number of nitrogens with one attached hydrogen (secondary N) is 1. The fourth-order valence-corrected chi connectivity index (χ4v) is 5.32. The number of hydrogen-bond acceptors (Lipinski definition) is 4. The molecule has 0 aromatic heterocycles. The molecule has 2 heterocycles. The SMILES string of the molecule is CCNC1CCCN(C(=O)C2CN(C(C)=O)C2)C1COC1CCC(C(C)C)CC1. The Bertz CT molecular complexity index is 552. The summed E-state index contributed by atoms with van der Waals surface area (Å²) >= 11 is 0. The molecular weight excluding hydrogens is 366 g/mol. The molecule has 1 saturated carbocycles. The molecular formula is C23H41N3O3. The molecule has 166 valence electrons. The van der Waals surface area contributed by atoms with Gasteiger partial charge in [0.2, 0.25) is 11.8 Å². The van der Waals surface area contributed by atoms with Crippen molar-refractivity contribution in [2.24, 2.45) is 17.8 Å². The Hall–Kier alpha value is -1.14. The third-order valence-electron chi connectivity index (χ3n) is 7.37. The molecule has 6 nitrogen and oxygen atoms in total. The Kier molecular flexibility index (Phi) is 7.97. The Labute approximate surface area is 176 Å². The van der Waals surface area contributed by atoms with Crippen molar-refractivity contribution in [3.63, 3.8) is 0 Å². The largest absolute Gasteiger partial charge is 0.376 e. The summed E-state index contributed by atoms with van der Waals surface area (Å²) in [6.07, 6.45) is 7.27. The maximum atomic E-state index is 13.2. The van der Waals surface area contributed by atoms with Gasteiger partial charge in [0.1, 0.15) is 0 Å². The Morgan fingerprint density at radius 1 is 1.10 bits per heavy atom. The summed E-state index contributed by atoms with van der Waals surface area (Å²) in [5.74, 6) is 1.83. The summed E-state index contributed by atoms with van der Waals surface area (Å²) in [7, 11) is 0. The lowest BCUT2D eigenvalue weighted by molar-refractivity contribution is -0.152. The summed E-state index contributed by atoms with van der Waals surface area (Å²) in [4.78, 5) is 28.5. The molecule has 2 amide bonds. The minimum absolute atomic E-state index is 0.0387. The maximum Gasteiger partial charge on any atom is 0.229 e. The van der Waals surface area contributed by atoms with Gasteiger partial charge in [0, 0.05) is 32.6 Å². The highest BCUT2D eigenvalue weighted by Gasteiger charge is 2.42. The molecule has 0 spiro atoms. The Morgan fingerprint density at radius 3 is 2.38 bits per heavy atom. The van der Waals surface area contributed by atoms with Crippen molar-refractivity contribution >= 4 is 11.8 Å². The number of carbonyl (C=O) groups is 2. The first-order valence-corrected chi connectivity index (χ1v) is 11.8. The van der Waals surface area contributed by atoms with Crippen LogP contribution < -0.4 is 5.32 Å². The normalized spacial score (nSPS) is 31.1. The number of amides is 2. The number of ether oxygens (including phenoxy) is 1. The number of rotatable bonds is 7. The lowest BCUT2D eigenvalue weighted by Gasteiger charge is -2.46. The predicted molar refractivity (Wildman–Crippen MR) is 114 cm³/mol. The van der Waals surface area contributed by atoms with Crippen LogP contribution in [0.25, 0.3) is 0 Å². The average Bonchev–Trinajstić information content (AvgIpc) is 2.65. The van der Waals surface area contributed by atoms with Crippen molar-refractivity contribution in [1.82, 2.24) is 15.1 Å². The fourth-order valence-electron chi connectivity index (χ4n) is 5.32. The highest BCUT2D eigenvalue weighted by atomic mass is 16.5. The third-order valence-corrected chi connectivity index (χ3v) is 7.37. The molecule has 2 unspecified atom stereocenters. The monoisotopic (exact) mass is 407 g/mol. The van der Waals surface area contributed by atoms with E-state index in [-0.39, 0.29) is 23.8 Å². The number of hydrogen-bond donors (Lipinski definition) is 1. The maximum absolute atomic E-state index is 13.2. The van der Waals surface area contributed by atoms with E-state index in [2.05, 4.69) is 31.0 Å². The molecule has 1 N–H and O–H groups in total. The van der Waals surface area contributed by atoms with E-state index in [1.165, 1.54) is 12.8 Å². The van der Waals surface area contributed by atoms with Gasteiger partial charge in [-0.2, -0.15) is 0 Å². The molecule has 6 heteroatoms. The molecule has 0 aromatic rings. The summed E-state index contributed by atoms with van der Waals surface area (Å²) in [6.45, 7) is 11.8.